The molecule has 0 fully saturated rings. The molecule has 12 heavy (non-hydrogen) atoms. The van der Waals surface area contributed by atoms with Crippen LogP contribution in [-0.2, 0) is 6.54 Å². The van der Waals surface area contributed by atoms with Gasteiger partial charge in [0.1, 0.15) is 0 Å². The van der Waals surface area contributed by atoms with Gasteiger partial charge in [-0.1, -0.05) is 29.8 Å². The molecule has 3 heteroatoms. The lowest BCUT2D eigenvalue weighted by atomic mass is 10.2. The minimum absolute atomic E-state index is 0.632. The van der Waals surface area contributed by atoms with E-state index in [1.165, 1.54) is 0 Å². The van der Waals surface area contributed by atoms with Crippen LogP contribution in [0, 0.1) is 5.92 Å². The lowest BCUT2D eigenvalue weighted by Gasteiger charge is -2.06. The van der Waals surface area contributed by atoms with E-state index in [0.717, 1.165) is 12.2 Å². The first-order valence-corrected chi connectivity index (χ1v) is 4.94. The molecule has 0 spiro atoms. The smallest absolute Gasteiger partial charge is 0.0615 e. The molecule has 0 amide bonds. The largest absolute Gasteiger partial charge is 0.265 e. The molecule has 0 unspecified atom stereocenters. The van der Waals surface area contributed by atoms with Crippen LogP contribution in [0.3, 0.4) is 0 Å². The second-order valence-electron chi connectivity index (χ2n) is 3.12. The monoisotopic (exact) mass is 228 g/mol. The average Bonchev–Trinajstić information content (AvgIpc) is 2.37. The van der Waals surface area contributed by atoms with Crippen LogP contribution < -0.4 is 0 Å². The Morgan fingerprint density at radius 2 is 2.42 bits per heavy atom. The van der Waals surface area contributed by atoms with Crippen molar-refractivity contribution in [1.29, 1.82) is 0 Å². The van der Waals surface area contributed by atoms with Crippen molar-refractivity contribution in [3.63, 3.8) is 0 Å². The van der Waals surface area contributed by atoms with Crippen molar-refractivity contribution >= 4 is 22.0 Å². The Labute approximate surface area is 81.4 Å². The average molecular weight is 229 g/mol. The molecule has 0 saturated carbocycles. The molecule has 1 rings (SSSR count). The number of aromatic nitrogens is 2. The van der Waals surface area contributed by atoms with E-state index in [9.17, 15) is 0 Å². The molecule has 0 radical (unpaired) electrons. The fraction of sp³-hybridized carbons (Fsp3) is 0.444. The van der Waals surface area contributed by atoms with Gasteiger partial charge in [0.25, 0.3) is 0 Å². The second kappa shape index (κ2) is 4.45. The zero-order valence-electron chi connectivity index (χ0n) is 7.37. The van der Waals surface area contributed by atoms with Crippen LogP contribution >= 0.6 is 15.9 Å². The summed E-state index contributed by atoms with van der Waals surface area (Å²) < 4.78 is 2.00. The zero-order valence-corrected chi connectivity index (χ0v) is 8.95. The van der Waals surface area contributed by atoms with E-state index < -0.39 is 0 Å². The predicted molar refractivity (Wildman–Crippen MR) is 55.0 cm³/mol. The number of halogens is 1. The van der Waals surface area contributed by atoms with Crippen LogP contribution in [0.25, 0.3) is 6.08 Å². The lowest BCUT2D eigenvalue weighted by Crippen LogP contribution is -2.07. The molecule has 1 heterocycles. The third-order valence-electron chi connectivity index (χ3n) is 1.52. The summed E-state index contributed by atoms with van der Waals surface area (Å²) in [5.41, 5.74) is 1.14. The Hall–Kier alpha value is -0.570. The zero-order chi connectivity index (χ0) is 8.97. The molecule has 0 aromatic carbocycles. The molecule has 0 bridgehead atoms. The van der Waals surface area contributed by atoms with E-state index in [0.29, 0.717) is 5.92 Å². The molecular weight excluding hydrogens is 216 g/mol. The van der Waals surface area contributed by atoms with E-state index in [1.807, 2.05) is 28.0 Å². The highest BCUT2D eigenvalue weighted by atomic mass is 79.9. The van der Waals surface area contributed by atoms with Gasteiger partial charge in [-0.3, -0.25) is 4.68 Å². The third-order valence-corrected chi connectivity index (χ3v) is 1.79. The summed E-state index contributed by atoms with van der Waals surface area (Å²) in [5, 5.41) is 4.22. The van der Waals surface area contributed by atoms with Crippen LogP contribution in [0.2, 0.25) is 0 Å². The van der Waals surface area contributed by atoms with E-state index in [2.05, 4.69) is 34.9 Å². The first kappa shape index (κ1) is 9.52. The number of nitrogens with zero attached hydrogens (tertiary/aromatic N) is 2. The molecule has 1 aromatic heterocycles. The molecule has 2 nitrogen and oxygen atoms in total. The van der Waals surface area contributed by atoms with Crippen LogP contribution in [0.4, 0.5) is 0 Å². The normalized spacial score (nSPS) is 11.7. The summed E-state index contributed by atoms with van der Waals surface area (Å²) in [5.74, 6) is 0.632. The first-order valence-electron chi connectivity index (χ1n) is 4.02. The Morgan fingerprint density at radius 3 is 3.00 bits per heavy atom. The van der Waals surface area contributed by atoms with Gasteiger partial charge in [0.05, 0.1) is 5.69 Å². The summed E-state index contributed by atoms with van der Waals surface area (Å²) in [4.78, 5) is 1.85. The standard InChI is InChI=1S/C9H13BrN2/c1-8(2)7-12-9(3-5-10)4-6-11-12/h3-6,8H,7H2,1-2H3/b5-3+. The Kier molecular flexibility index (Phi) is 3.53. The highest BCUT2D eigenvalue weighted by Crippen LogP contribution is 2.06. The summed E-state index contributed by atoms with van der Waals surface area (Å²) in [6.07, 6.45) is 3.82. The fourth-order valence-electron chi connectivity index (χ4n) is 1.05. The van der Waals surface area contributed by atoms with Crippen LogP contribution in [0.5, 0.6) is 0 Å². The van der Waals surface area contributed by atoms with E-state index >= 15 is 0 Å². The maximum Gasteiger partial charge on any atom is 0.0615 e. The molecule has 0 saturated heterocycles. The summed E-state index contributed by atoms with van der Waals surface area (Å²) in [6, 6.07) is 2.00. The van der Waals surface area contributed by atoms with Gasteiger partial charge in [0, 0.05) is 12.7 Å². The highest BCUT2D eigenvalue weighted by molar-refractivity contribution is 9.11. The fourth-order valence-corrected chi connectivity index (χ4v) is 1.32. The van der Waals surface area contributed by atoms with E-state index in [4.69, 9.17) is 0 Å². The van der Waals surface area contributed by atoms with Crippen molar-refractivity contribution in [3.05, 3.63) is 22.9 Å². The Balaban J connectivity index is 2.77. The topological polar surface area (TPSA) is 17.8 Å². The minimum Gasteiger partial charge on any atom is -0.265 e. The minimum atomic E-state index is 0.632. The molecule has 0 aliphatic heterocycles. The Morgan fingerprint density at radius 1 is 1.67 bits per heavy atom. The highest BCUT2D eigenvalue weighted by Gasteiger charge is 2.00. The van der Waals surface area contributed by atoms with Crippen molar-refractivity contribution < 1.29 is 0 Å². The number of rotatable bonds is 3. The van der Waals surface area contributed by atoms with Gasteiger partial charge >= 0.3 is 0 Å². The third kappa shape index (κ3) is 2.48. The maximum absolute atomic E-state index is 4.22. The molecular formula is C9H13BrN2. The Bertz CT molecular complexity index is 263. The second-order valence-corrected chi connectivity index (χ2v) is 3.65. The van der Waals surface area contributed by atoms with Crippen LogP contribution in [0.1, 0.15) is 19.5 Å². The van der Waals surface area contributed by atoms with Gasteiger partial charge in [-0.25, -0.2) is 0 Å². The molecule has 0 aliphatic carbocycles. The molecule has 66 valence electrons. The summed E-state index contributed by atoms with van der Waals surface area (Å²) >= 11 is 3.25. The van der Waals surface area contributed by atoms with Crippen molar-refractivity contribution in [2.75, 3.05) is 0 Å². The van der Waals surface area contributed by atoms with Crippen molar-refractivity contribution in [1.82, 2.24) is 9.78 Å². The number of hydrogen-bond acceptors (Lipinski definition) is 1. The van der Waals surface area contributed by atoms with Crippen molar-refractivity contribution in [2.24, 2.45) is 5.92 Å². The molecule has 0 N–H and O–H groups in total. The summed E-state index contributed by atoms with van der Waals surface area (Å²) in [6.45, 7) is 5.34. The van der Waals surface area contributed by atoms with Gasteiger partial charge in [-0.15, -0.1) is 0 Å². The molecule has 0 aliphatic rings. The van der Waals surface area contributed by atoms with Crippen LogP contribution in [0.15, 0.2) is 17.2 Å². The van der Waals surface area contributed by atoms with Gasteiger partial charge < -0.3 is 0 Å². The quantitative estimate of drug-likeness (QED) is 0.779. The van der Waals surface area contributed by atoms with Crippen molar-refractivity contribution in [2.45, 2.75) is 20.4 Å². The first-order chi connectivity index (χ1) is 5.74. The molecule has 1 aromatic rings. The maximum atomic E-state index is 4.22. The van der Waals surface area contributed by atoms with E-state index in [-0.39, 0.29) is 0 Å². The van der Waals surface area contributed by atoms with Crippen molar-refractivity contribution in [3.8, 4) is 0 Å². The molecule has 0 atom stereocenters. The van der Waals surface area contributed by atoms with Gasteiger partial charge in [-0.2, -0.15) is 5.10 Å². The SMILES string of the molecule is CC(C)Cn1nccc1/C=C/Br. The van der Waals surface area contributed by atoms with Gasteiger partial charge in [0.15, 0.2) is 0 Å². The lowest BCUT2D eigenvalue weighted by molar-refractivity contribution is 0.480. The number of hydrogen-bond donors (Lipinski definition) is 0. The van der Waals surface area contributed by atoms with Gasteiger partial charge in [-0.05, 0) is 23.0 Å². The van der Waals surface area contributed by atoms with Gasteiger partial charge in [0.2, 0.25) is 0 Å². The predicted octanol–water partition coefficient (Wildman–Crippen LogP) is 2.90. The van der Waals surface area contributed by atoms with Crippen LogP contribution in [-0.4, -0.2) is 9.78 Å². The summed E-state index contributed by atoms with van der Waals surface area (Å²) in [7, 11) is 0. The van der Waals surface area contributed by atoms with E-state index in [1.54, 1.807) is 0 Å².